The number of rotatable bonds is 2. The molecule has 1 atom stereocenters. The second kappa shape index (κ2) is 6.43. The molecule has 0 aromatic heterocycles. The Bertz CT molecular complexity index is 732. The molecule has 0 bridgehead atoms. The number of halogens is 1. The molecule has 1 unspecified atom stereocenters. The third-order valence-electron chi connectivity index (χ3n) is 4.52. The lowest BCUT2D eigenvalue weighted by Gasteiger charge is -2.30. The van der Waals surface area contributed by atoms with E-state index in [0.717, 1.165) is 18.4 Å². The molecule has 4 nitrogen and oxygen atoms in total. The van der Waals surface area contributed by atoms with Crippen LogP contribution in [-0.4, -0.2) is 43.8 Å². The molecule has 2 aliphatic rings. The fraction of sp³-hybridized carbons (Fsp3) is 0.471. The monoisotopic (exact) mass is 337 g/mol. The Hall–Kier alpha value is -1.69. The number of piperidine rings is 1. The van der Waals surface area contributed by atoms with Gasteiger partial charge in [-0.2, -0.15) is 0 Å². The van der Waals surface area contributed by atoms with Crippen LogP contribution in [0.2, 0.25) is 0 Å². The summed E-state index contributed by atoms with van der Waals surface area (Å²) in [6.07, 6.45) is 3.93. The number of likely N-dealkylation sites (tertiary alicyclic amines) is 1. The summed E-state index contributed by atoms with van der Waals surface area (Å²) in [6, 6.07) is 6.45. The maximum absolute atomic E-state index is 13.2. The number of hydrogen-bond donors (Lipinski definition) is 0. The van der Waals surface area contributed by atoms with Gasteiger partial charge in [0.2, 0.25) is 5.91 Å². The minimum Gasteiger partial charge on any atom is -0.342 e. The van der Waals surface area contributed by atoms with E-state index in [1.165, 1.54) is 17.7 Å². The molecule has 2 saturated heterocycles. The summed E-state index contributed by atoms with van der Waals surface area (Å²) in [6.45, 7) is 1.22. The van der Waals surface area contributed by atoms with Crippen molar-refractivity contribution in [2.24, 2.45) is 5.92 Å². The standard InChI is InChI=1S/C17H20FNO3S/c18-16-3-1-2-14(11-16)10-13-4-7-19(8-5-13)17(20)15-6-9-23(21,22)12-15/h1-3,10-11,15H,4-9,12H2. The van der Waals surface area contributed by atoms with Gasteiger partial charge in [-0.1, -0.05) is 23.8 Å². The molecule has 0 aliphatic carbocycles. The van der Waals surface area contributed by atoms with Crippen molar-refractivity contribution in [1.82, 2.24) is 4.90 Å². The maximum atomic E-state index is 13.2. The molecular weight excluding hydrogens is 317 g/mol. The third kappa shape index (κ3) is 3.99. The van der Waals surface area contributed by atoms with Crippen LogP contribution >= 0.6 is 0 Å². The number of amides is 1. The van der Waals surface area contributed by atoms with Crippen LogP contribution in [0.1, 0.15) is 24.8 Å². The van der Waals surface area contributed by atoms with Gasteiger partial charge in [-0.25, -0.2) is 12.8 Å². The Morgan fingerprint density at radius 2 is 2.00 bits per heavy atom. The molecule has 1 aromatic rings. The topological polar surface area (TPSA) is 54.5 Å². The van der Waals surface area contributed by atoms with Crippen LogP contribution < -0.4 is 0 Å². The average molecular weight is 337 g/mol. The Kier molecular flexibility index (Phi) is 4.53. The molecule has 0 spiro atoms. The molecule has 1 aromatic carbocycles. The first-order valence-electron chi connectivity index (χ1n) is 7.87. The molecule has 0 N–H and O–H groups in total. The summed E-state index contributed by atoms with van der Waals surface area (Å²) in [7, 11) is -3.03. The minimum atomic E-state index is -3.03. The number of carbonyl (C=O) groups is 1. The van der Waals surface area contributed by atoms with Gasteiger partial charge in [0.05, 0.1) is 17.4 Å². The fourth-order valence-electron chi connectivity index (χ4n) is 3.24. The van der Waals surface area contributed by atoms with Gasteiger partial charge in [-0.05, 0) is 37.0 Å². The number of benzene rings is 1. The predicted octanol–water partition coefficient (Wildman–Crippen LogP) is 2.27. The first-order chi connectivity index (χ1) is 10.9. The SMILES string of the molecule is O=C(C1CCS(=O)(=O)C1)N1CCC(=Cc2cccc(F)c2)CC1. The predicted molar refractivity (Wildman–Crippen MR) is 87.0 cm³/mol. The third-order valence-corrected chi connectivity index (χ3v) is 6.29. The highest BCUT2D eigenvalue weighted by Crippen LogP contribution is 2.25. The highest BCUT2D eigenvalue weighted by atomic mass is 32.2. The average Bonchev–Trinajstić information content (AvgIpc) is 2.87. The Morgan fingerprint density at radius 3 is 2.61 bits per heavy atom. The quantitative estimate of drug-likeness (QED) is 0.832. The summed E-state index contributed by atoms with van der Waals surface area (Å²) in [4.78, 5) is 14.2. The van der Waals surface area contributed by atoms with Crippen molar-refractivity contribution in [1.29, 1.82) is 0 Å². The van der Waals surface area contributed by atoms with Gasteiger partial charge in [-0.15, -0.1) is 0 Å². The summed E-state index contributed by atoms with van der Waals surface area (Å²) in [5.41, 5.74) is 2.03. The lowest BCUT2D eigenvalue weighted by Crippen LogP contribution is -2.40. The van der Waals surface area contributed by atoms with Crippen molar-refractivity contribution >= 4 is 21.8 Å². The van der Waals surface area contributed by atoms with Crippen LogP contribution in [-0.2, 0) is 14.6 Å². The zero-order valence-electron chi connectivity index (χ0n) is 12.9. The Labute approximate surface area is 135 Å². The highest BCUT2D eigenvalue weighted by molar-refractivity contribution is 7.91. The summed E-state index contributed by atoms with van der Waals surface area (Å²) in [5.74, 6) is -0.532. The van der Waals surface area contributed by atoms with Crippen LogP contribution in [0, 0.1) is 11.7 Å². The molecule has 2 aliphatic heterocycles. The van der Waals surface area contributed by atoms with E-state index >= 15 is 0 Å². The molecule has 3 rings (SSSR count). The van der Waals surface area contributed by atoms with Gasteiger partial charge in [0, 0.05) is 13.1 Å². The molecule has 0 saturated carbocycles. The van der Waals surface area contributed by atoms with E-state index < -0.39 is 9.84 Å². The van der Waals surface area contributed by atoms with Crippen molar-refractivity contribution in [3.63, 3.8) is 0 Å². The van der Waals surface area contributed by atoms with E-state index in [4.69, 9.17) is 0 Å². The minimum absolute atomic E-state index is 0.00563. The Balaban J connectivity index is 1.59. The van der Waals surface area contributed by atoms with Crippen LogP contribution in [0.4, 0.5) is 4.39 Å². The molecule has 2 fully saturated rings. The van der Waals surface area contributed by atoms with Crippen molar-refractivity contribution in [3.8, 4) is 0 Å². The van der Waals surface area contributed by atoms with Crippen LogP contribution in [0.3, 0.4) is 0 Å². The molecular formula is C17H20FNO3S. The van der Waals surface area contributed by atoms with Gasteiger partial charge >= 0.3 is 0 Å². The highest BCUT2D eigenvalue weighted by Gasteiger charge is 2.35. The maximum Gasteiger partial charge on any atom is 0.226 e. The second-order valence-electron chi connectivity index (χ2n) is 6.28. The normalized spacial score (nSPS) is 23.8. The van der Waals surface area contributed by atoms with Crippen LogP contribution in [0.5, 0.6) is 0 Å². The Morgan fingerprint density at radius 1 is 1.26 bits per heavy atom. The van der Waals surface area contributed by atoms with E-state index in [0.29, 0.717) is 19.5 Å². The van der Waals surface area contributed by atoms with E-state index in [1.54, 1.807) is 11.0 Å². The zero-order chi connectivity index (χ0) is 16.4. The van der Waals surface area contributed by atoms with Gasteiger partial charge in [-0.3, -0.25) is 4.79 Å². The number of hydrogen-bond acceptors (Lipinski definition) is 3. The largest absolute Gasteiger partial charge is 0.342 e. The van der Waals surface area contributed by atoms with Crippen LogP contribution in [0.25, 0.3) is 6.08 Å². The number of nitrogens with zero attached hydrogens (tertiary/aromatic N) is 1. The first kappa shape index (κ1) is 16.2. The molecule has 6 heteroatoms. The summed E-state index contributed by atoms with van der Waals surface area (Å²) in [5, 5.41) is 0. The molecule has 1 amide bonds. The molecule has 2 heterocycles. The second-order valence-corrected chi connectivity index (χ2v) is 8.51. The number of sulfone groups is 1. The van der Waals surface area contributed by atoms with Crippen molar-refractivity contribution in [3.05, 3.63) is 41.2 Å². The lowest BCUT2D eigenvalue weighted by atomic mass is 9.99. The molecule has 0 radical (unpaired) electrons. The fourth-order valence-corrected chi connectivity index (χ4v) is 4.97. The lowest BCUT2D eigenvalue weighted by molar-refractivity contribution is -0.135. The van der Waals surface area contributed by atoms with Gasteiger partial charge < -0.3 is 4.90 Å². The van der Waals surface area contributed by atoms with Crippen molar-refractivity contribution in [2.45, 2.75) is 19.3 Å². The first-order valence-corrected chi connectivity index (χ1v) is 9.69. The van der Waals surface area contributed by atoms with Crippen molar-refractivity contribution in [2.75, 3.05) is 24.6 Å². The van der Waals surface area contributed by atoms with E-state index in [1.807, 2.05) is 12.1 Å². The smallest absolute Gasteiger partial charge is 0.226 e. The van der Waals surface area contributed by atoms with Gasteiger partial charge in [0.1, 0.15) is 5.82 Å². The summed E-state index contributed by atoms with van der Waals surface area (Å²) >= 11 is 0. The molecule has 23 heavy (non-hydrogen) atoms. The van der Waals surface area contributed by atoms with Crippen LogP contribution in [0.15, 0.2) is 29.8 Å². The van der Waals surface area contributed by atoms with Gasteiger partial charge in [0.15, 0.2) is 9.84 Å². The number of carbonyl (C=O) groups excluding carboxylic acids is 1. The van der Waals surface area contributed by atoms with E-state index in [-0.39, 0.29) is 29.1 Å². The molecule has 124 valence electrons. The van der Waals surface area contributed by atoms with E-state index in [9.17, 15) is 17.6 Å². The van der Waals surface area contributed by atoms with Gasteiger partial charge in [0.25, 0.3) is 0 Å². The summed E-state index contributed by atoms with van der Waals surface area (Å²) < 4.78 is 36.2. The zero-order valence-corrected chi connectivity index (χ0v) is 13.7. The van der Waals surface area contributed by atoms with E-state index in [2.05, 4.69) is 0 Å². The van der Waals surface area contributed by atoms with Crippen molar-refractivity contribution < 1.29 is 17.6 Å².